The second kappa shape index (κ2) is 9.94. The van der Waals surface area contributed by atoms with E-state index >= 15 is 0 Å². The quantitative estimate of drug-likeness (QED) is 0.435. The minimum absolute atomic E-state index is 0.0867. The van der Waals surface area contributed by atoms with Gasteiger partial charge in [-0.3, -0.25) is 4.79 Å². The molecule has 1 N–H and O–H groups in total. The molecule has 0 fully saturated rings. The Morgan fingerprint density at radius 2 is 1.63 bits per heavy atom. The van der Waals surface area contributed by atoms with E-state index in [9.17, 15) is 13.2 Å². The Morgan fingerprint density at radius 3 is 2.30 bits per heavy atom. The van der Waals surface area contributed by atoms with E-state index in [-0.39, 0.29) is 11.4 Å². The van der Waals surface area contributed by atoms with Crippen molar-refractivity contribution < 1.29 is 13.2 Å². The van der Waals surface area contributed by atoms with Gasteiger partial charge >= 0.3 is 0 Å². The molecular weight excluding hydrogens is 511 g/mol. The van der Waals surface area contributed by atoms with Gasteiger partial charge in [0.25, 0.3) is 0 Å². The van der Waals surface area contributed by atoms with E-state index in [2.05, 4.69) is 21.2 Å². The van der Waals surface area contributed by atoms with E-state index in [1.165, 1.54) is 18.2 Å². The molecule has 30 heavy (non-hydrogen) atoms. The molecule has 0 aliphatic heterocycles. The number of carbonyl (C=O) groups is 1. The maximum absolute atomic E-state index is 13.2. The summed E-state index contributed by atoms with van der Waals surface area (Å²) >= 11 is 15.5. The second-order valence-corrected chi connectivity index (χ2v) is 9.99. The molecule has 0 radical (unpaired) electrons. The largest absolute Gasteiger partial charge is 0.324 e. The van der Waals surface area contributed by atoms with Crippen LogP contribution in [0.4, 0.5) is 5.69 Å². The average Bonchev–Trinajstić information content (AvgIpc) is 2.71. The third kappa shape index (κ3) is 5.62. The Labute approximate surface area is 193 Å². The lowest BCUT2D eigenvalue weighted by molar-refractivity contribution is -0.116. The summed E-state index contributed by atoms with van der Waals surface area (Å²) < 4.78 is 28.3. The Bertz CT molecular complexity index is 1160. The predicted molar refractivity (Wildman–Crippen MR) is 123 cm³/mol. The molecule has 0 bridgehead atoms. The van der Waals surface area contributed by atoms with Crippen molar-refractivity contribution in [3.63, 3.8) is 0 Å². The summed E-state index contributed by atoms with van der Waals surface area (Å²) in [7, 11) is -3.95. The van der Waals surface area contributed by atoms with Crippen molar-refractivity contribution in [2.75, 3.05) is 11.9 Å². The van der Waals surface area contributed by atoms with Crippen molar-refractivity contribution in [2.45, 2.75) is 11.4 Å². The number of rotatable bonds is 7. The van der Waals surface area contributed by atoms with Crippen molar-refractivity contribution in [3.8, 4) is 0 Å². The topological polar surface area (TPSA) is 66.5 Å². The van der Waals surface area contributed by atoms with Crippen LogP contribution in [0.3, 0.4) is 0 Å². The highest BCUT2D eigenvalue weighted by molar-refractivity contribution is 9.10. The first-order valence-electron chi connectivity index (χ1n) is 8.81. The molecule has 0 saturated carbocycles. The lowest BCUT2D eigenvalue weighted by Crippen LogP contribution is -2.37. The first kappa shape index (κ1) is 22.8. The van der Waals surface area contributed by atoms with Gasteiger partial charge in [-0.25, -0.2) is 8.42 Å². The number of hydrogen-bond acceptors (Lipinski definition) is 3. The molecule has 3 rings (SSSR count). The minimum atomic E-state index is -3.95. The Balaban J connectivity index is 1.91. The molecule has 0 spiro atoms. The van der Waals surface area contributed by atoms with Crippen molar-refractivity contribution in [2.24, 2.45) is 0 Å². The van der Waals surface area contributed by atoms with Gasteiger partial charge in [0.05, 0.1) is 17.1 Å². The molecule has 0 aromatic heterocycles. The molecule has 0 heterocycles. The van der Waals surface area contributed by atoms with E-state index in [4.69, 9.17) is 23.2 Å². The number of benzene rings is 3. The highest BCUT2D eigenvalue weighted by atomic mass is 79.9. The standard InChI is InChI=1S/C21H17BrCl2N2O3S/c22-18-8-4-5-9-20(18)25-21(27)14-26(13-15-10-11-16(23)12-19(15)24)30(28,29)17-6-2-1-3-7-17/h1-12H,13-14H2,(H,25,27). The van der Waals surface area contributed by atoms with Crippen LogP contribution in [0.5, 0.6) is 0 Å². The number of anilines is 1. The highest BCUT2D eigenvalue weighted by Crippen LogP contribution is 2.26. The van der Waals surface area contributed by atoms with Crippen LogP contribution in [0.1, 0.15) is 5.56 Å². The maximum atomic E-state index is 13.2. The molecular formula is C21H17BrCl2N2O3S. The SMILES string of the molecule is O=C(CN(Cc1ccc(Cl)cc1Cl)S(=O)(=O)c1ccccc1)Nc1ccccc1Br. The molecule has 0 aliphatic rings. The molecule has 9 heteroatoms. The van der Waals surface area contributed by atoms with Gasteiger partial charge in [0, 0.05) is 21.1 Å². The first-order chi connectivity index (χ1) is 14.3. The van der Waals surface area contributed by atoms with Gasteiger partial charge in [-0.05, 0) is 57.9 Å². The van der Waals surface area contributed by atoms with E-state index in [1.54, 1.807) is 48.5 Å². The van der Waals surface area contributed by atoms with Gasteiger partial charge in [0.1, 0.15) is 0 Å². The van der Waals surface area contributed by atoms with Crippen LogP contribution in [-0.2, 0) is 21.4 Å². The van der Waals surface area contributed by atoms with Gasteiger partial charge < -0.3 is 5.32 Å². The smallest absolute Gasteiger partial charge is 0.243 e. The Kier molecular flexibility index (Phi) is 7.55. The average molecular weight is 528 g/mol. The number of amides is 1. The van der Waals surface area contributed by atoms with E-state index < -0.39 is 22.5 Å². The van der Waals surface area contributed by atoms with E-state index in [1.807, 2.05) is 6.07 Å². The van der Waals surface area contributed by atoms with Crippen LogP contribution in [0.2, 0.25) is 10.0 Å². The molecule has 3 aromatic carbocycles. The van der Waals surface area contributed by atoms with Crippen molar-refractivity contribution in [1.29, 1.82) is 0 Å². The Morgan fingerprint density at radius 1 is 0.967 bits per heavy atom. The first-order valence-corrected chi connectivity index (χ1v) is 11.8. The number of hydrogen-bond donors (Lipinski definition) is 1. The molecule has 156 valence electrons. The summed E-state index contributed by atoms with van der Waals surface area (Å²) in [4.78, 5) is 12.8. The number of para-hydroxylation sites is 1. The van der Waals surface area contributed by atoms with Crippen molar-refractivity contribution >= 4 is 60.7 Å². The zero-order chi connectivity index (χ0) is 21.7. The van der Waals surface area contributed by atoms with Crippen LogP contribution in [0, 0.1) is 0 Å². The van der Waals surface area contributed by atoms with E-state index in [0.29, 0.717) is 25.8 Å². The van der Waals surface area contributed by atoms with Gasteiger partial charge in [-0.1, -0.05) is 59.6 Å². The van der Waals surface area contributed by atoms with Crippen molar-refractivity contribution in [3.05, 3.63) is 92.9 Å². The molecule has 0 saturated heterocycles. The van der Waals surface area contributed by atoms with Crippen LogP contribution in [0.25, 0.3) is 0 Å². The highest BCUT2D eigenvalue weighted by Gasteiger charge is 2.27. The van der Waals surface area contributed by atoms with Crippen LogP contribution in [-0.4, -0.2) is 25.2 Å². The van der Waals surface area contributed by atoms with Gasteiger partial charge in [-0.15, -0.1) is 0 Å². The third-order valence-corrected chi connectivity index (χ3v) is 7.30. The van der Waals surface area contributed by atoms with Crippen LogP contribution in [0.15, 0.2) is 82.2 Å². The minimum Gasteiger partial charge on any atom is -0.324 e. The third-order valence-electron chi connectivity index (χ3n) is 4.21. The van der Waals surface area contributed by atoms with Gasteiger partial charge in [0.15, 0.2) is 0 Å². The fourth-order valence-electron chi connectivity index (χ4n) is 2.72. The molecule has 1 amide bonds. The number of sulfonamides is 1. The molecule has 0 atom stereocenters. The molecule has 3 aromatic rings. The summed E-state index contributed by atoms with van der Waals surface area (Å²) in [6, 6.07) is 19.8. The lowest BCUT2D eigenvalue weighted by Gasteiger charge is -2.22. The summed E-state index contributed by atoms with van der Waals surface area (Å²) in [5.74, 6) is -0.480. The number of nitrogens with zero attached hydrogens (tertiary/aromatic N) is 1. The molecule has 0 unspecified atom stereocenters. The second-order valence-electron chi connectivity index (χ2n) is 6.35. The predicted octanol–water partition coefficient (Wildman–Crippen LogP) is 5.59. The monoisotopic (exact) mass is 526 g/mol. The number of halogens is 3. The van der Waals surface area contributed by atoms with Crippen molar-refractivity contribution in [1.82, 2.24) is 4.31 Å². The van der Waals surface area contributed by atoms with Crippen LogP contribution < -0.4 is 5.32 Å². The maximum Gasteiger partial charge on any atom is 0.243 e. The zero-order valence-electron chi connectivity index (χ0n) is 15.6. The summed E-state index contributed by atoms with van der Waals surface area (Å²) in [5, 5.41) is 3.49. The summed E-state index contributed by atoms with van der Waals surface area (Å²) in [5.41, 5.74) is 1.08. The summed E-state index contributed by atoms with van der Waals surface area (Å²) in [6.45, 7) is -0.478. The zero-order valence-corrected chi connectivity index (χ0v) is 19.5. The number of nitrogens with one attached hydrogen (secondary N) is 1. The Hall–Kier alpha value is -1.90. The fourth-order valence-corrected chi connectivity index (χ4v) is 4.97. The van der Waals surface area contributed by atoms with Gasteiger partial charge in [-0.2, -0.15) is 4.31 Å². The lowest BCUT2D eigenvalue weighted by atomic mass is 10.2. The normalized spacial score (nSPS) is 11.5. The van der Waals surface area contributed by atoms with Crippen LogP contribution >= 0.6 is 39.1 Å². The summed E-state index contributed by atoms with van der Waals surface area (Å²) in [6.07, 6.45) is 0. The molecule has 5 nitrogen and oxygen atoms in total. The van der Waals surface area contributed by atoms with Gasteiger partial charge in [0.2, 0.25) is 15.9 Å². The van der Waals surface area contributed by atoms with E-state index in [0.717, 1.165) is 4.31 Å². The number of carbonyl (C=O) groups excluding carboxylic acids is 1. The molecule has 0 aliphatic carbocycles. The fraction of sp³-hybridized carbons (Fsp3) is 0.0952.